The molecule has 0 saturated heterocycles. The highest BCUT2D eigenvalue weighted by molar-refractivity contribution is 5.85. The average Bonchev–Trinajstić information content (AvgIpc) is 2.68. The van der Waals surface area contributed by atoms with Gasteiger partial charge in [-0.15, -0.1) is 0 Å². The first-order chi connectivity index (χ1) is 7.68. The molecule has 4 heteroatoms. The lowest BCUT2D eigenvalue weighted by molar-refractivity contribution is -0.131. The minimum atomic E-state index is -1.03. The van der Waals surface area contributed by atoms with E-state index >= 15 is 0 Å². The molecule has 3 rings (SSSR count). The molecule has 2 N–H and O–H groups in total. The van der Waals surface area contributed by atoms with Crippen LogP contribution in [0.4, 0.5) is 0 Å². The van der Waals surface area contributed by atoms with Crippen LogP contribution < -0.4 is 5.32 Å². The molecule has 3 fully saturated rings. The molecule has 3 aliphatic rings. The Hall–Kier alpha value is -1.32. The number of carboxylic acids is 1. The normalized spacial score (nSPS) is 43.4. The van der Waals surface area contributed by atoms with Gasteiger partial charge in [0.25, 0.3) is 0 Å². The van der Waals surface area contributed by atoms with Gasteiger partial charge in [0.05, 0.1) is 0 Å². The highest BCUT2D eigenvalue weighted by Gasteiger charge is 2.67. The third-order valence-corrected chi connectivity index (χ3v) is 4.49. The van der Waals surface area contributed by atoms with Crippen LogP contribution in [0.2, 0.25) is 0 Å². The summed E-state index contributed by atoms with van der Waals surface area (Å²) in [6, 6.07) is 0. The summed E-state index contributed by atoms with van der Waals surface area (Å²) in [6.45, 7) is 0. The van der Waals surface area contributed by atoms with Crippen LogP contribution in [0.3, 0.4) is 0 Å². The van der Waals surface area contributed by atoms with Crippen molar-refractivity contribution < 1.29 is 14.7 Å². The van der Waals surface area contributed by atoms with Gasteiger partial charge in [-0.3, -0.25) is 4.79 Å². The predicted octanol–water partition coefficient (Wildman–Crippen LogP) is 0.993. The molecule has 0 aliphatic heterocycles. The number of fused-ring (bicyclic) bond motifs is 5. The van der Waals surface area contributed by atoms with Crippen molar-refractivity contribution in [2.75, 3.05) is 0 Å². The van der Waals surface area contributed by atoms with E-state index in [2.05, 4.69) is 5.32 Å². The molecule has 0 aromatic heterocycles. The van der Waals surface area contributed by atoms with Crippen molar-refractivity contribution in [1.82, 2.24) is 5.32 Å². The minimum Gasteiger partial charge on any atom is -0.478 e. The number of nitrogens with one attached hydrogen (secondary N) is 1. The quantitative estimate of drug-likeness (QED) is 0.698. The van der Waals surface area contributed by atoms with Gasteiger partial charge in [0.2, 0.25) is 5.91 Å². The Labute approximate surface area is 93.7 Å². The Morgan fingerprint density at radius 2 is 1.81 bits per heavy atom. The van der Waals surface area contributed by atoms with Crippen LogP contribution in [0.25, 0.3) is 0 Å². The molecule has 0 radical (unpaired) electrons. The lowest BCUT2D eigenvalue weighted by Crippen LogP contribution is -2.23. The van der Waals surface area contributed by atoms with Gasteiger partial charge in [-0.2, -0.15) is 0 Å². The number of carboxylic acid groups (broad SMARTS) is 1. The fourth-order valence-electron chi connectivity index (χ4n) is 3.97. The first-order valence-electron chi connectivity index (χ1n) is 5.88. The SMILES string of the molecule is O=C(O)C=CNC(=O)C1C2C3CCC(C3)C12. The summed E-state index contributed by atoms with van der Waals surface area (Å²) in [5.41, 5.74) is 0. The molecule has 0 aromatic rings. The smallest absolute Gasteiger partial charge is 0.329 e. The van der Waals surface area contributed by atoms with Crippen LogP contribution in [0.5, 0.6) is 0 Å². The Morgan fingerprint density at radius 3 is 2.38 bits per heavy atom. The van der Waals surface area contributed by atoms with Crippen molar-refractivity contribution in [3.63, 3.8) is 0 Å². The first-order valence-corrected chi connectivity index (χ1v) is 5.88. The molecule has 4 atom stereocenters. The molecule has 1 amide bonds. The minimum absolute atomic E-state index is 0.0177. The molecule has 86 valence electrons. The Balaban J connectivity index is 1.57. The molecule has 3 aliphatic carbocycles. The number of carbonyl (C=O) groups is 2. The largest absolute Gasteiger partial charge is 0.478 e. The summed E-state index contributed by atoms with van der Waals surface area (Å²) < 4.78 is 0. The molecule has 3 saturated carbocycles. The summed E-state index contributed by atoms with van der Waals surface area (Å²) in [6.07, 6.45) is 6.11. The van der Waals surface area contributed by atoms with Crippen LogP contribution in [0.1, 0.15) is 19.3 Å². The Morgan fingerprint density at radius 1 is 1.19 bits per heavy atom. The first kappa shape index (κ1) is 9.87. The van der Waals surface area contributed by atoms with Gasteiger partial charge in [-0.1, -0.05) is 0 Å². The maximum Gasteiger partial charge on any atom is 0.329 e. The van der Waals surface area contributed by atoms with Crippen molar-refractivity contribution >= 4 is 11.9 Å². The van der Waals surface area contributed by atoms with Gasteiger partial charge >= 0.3 is 5.97 Å². The van der Waals surface area contributed by atoms with Gasteiger partial charge in [-0.25, -0.2) is 4.79 Å². The van der Waals surface area contributed by atoms with Crippen LogP contribution >= 0.6 is 0 Å². The van der Waals surface area contributed by atoms with Crippen molar-refractivity contribution in [3.05, 3.63) is 12.3 Å². The second-order valence-electron chi connectivity index (χ2n) is 5.19. The zero-order valence-corrected chi connectivity index (χ0v) is 8.93. The molecule has 0 heterocycles. The van der Waals surface area contributed by atoms with Crippen LogP contribution in [0, 0.1) is 29.6 Å². The second-order valence-corrected chi connectivity index (χ2v) is 5.19. The highest BCUT2D eigenvalue weighted by Crippen LogP contribution is 2.69. The Bertz CT molecular complexity index is 360. The van der Waals surface area contributed by atoms with E-state index < -0.39 is 5.97 Å². The van der Waals surface area contributed by atoms with E-state index in [-0.39, 0.29) is 11.8 Å². The van der Waals surface area contributed by atoms with Crippen molar-refractivity contribution in [2.45, 2.75) is 19.3 Å². The van der Waals surface area contributed by atoms with Crippen LogP contribution in [-0.2, 0) is 9.59 Å². The average molecular weight is 221 g/mol. The number of aliphatic carboxylic acids is 1. The maximum atomic E-state index is 11.8. The molecule has 0 aromatic carbocycles. The van der Waals surface area contributed by atoms with E-state index in [9.17, 15) is 9.59 Å². The number of hydrogen-bond acceptors (Lipinski definition) is 2. The monoisotopic (exact) mass is 221 g/mol. The molecular formula is C12H15NO3. The summed E-state index contributed by atoms with van der Waals surface area (Å²) in [7, 11) is 0. The third kappa shape index (κ3) is 1.36. The fraction of sp³-hybridized carbons (Fsp3) is 0.667. The van der Waals surface area contributed by atoms with Crippen molar-refractivity contribution in [2.24, 2.45) is 29.6 Å². The number of hydrogen-bond donors (Lipinski definition) is 2. The van der Waals surface area contributed by atoms with E-state index in [1.807, 2.05) is 0 Å². The summed E-state index contributed by atoms with van der Waals surface area (Å²) in [5.74, 6) is 1.92. The summed E-state index contributed by atoms with van der Waals surface area (Å²) >= 11 is 0. The van der Waals surface area contributed by atoms with Gasteiger partial charge < -0.3 is 10.4 Å². The topological polar surface area (TPSA) is 66.4 Å². The lowest BCUT2D eigenvalue weighted by Gasteiger charge is -2.06. The van der Waals surface area contributed by atoms with Crippen LogP contribution in [0.15, 0.2) is 12.3 Å². The van der Waals surface area contributed by atoms with Crippen LogP contribution in [-0.4, -0.2) is 17.0 Å². The van der Waals surface area contributed by atoms with E-state index in [1.165, 1.54) is 25.5 Å². The second kappa shape index (κ2) is 3.34. The number of amides is 1. The molecular weight excluding hydrogens is 206 g/mol. The predicted molar refractivity (Wildman–Crippen MR) is 56.2 cm³/mol. The summed E-state index contributed by atoms with van der Waals surface area (Å²) in [5, 5.41) is 11.0. The van der Waals surface area contributed by atoms with Crippen molar-refractivity contribution in [1.29, 1.82) is 0 Å². The Kier molecular flexibility index (Phi) is 2.06. The fourth-order valence-corrected chi connectivity index (χ4v) is 3.97. The number of carbonyl (C=O) groups excluding carboxylic acids is 1. The lowest BCUT2D eigenvalue weighted by atomic mass is 10.0. The standard InChI is InChI=1S/C12H15NO3/c14-8(15)3-4-13-12(16)11-9-6-1-2-7(5-6)10(9)11/h3-4,6-7,9-11H,1-2,5H2,(H,13,16)(H,14,15). The molecule has 0 spiro atoms. The third-order valence-electron chi connectivity index (χ3n) is 4.49. The maximum absolute atomic E-state index is 11.8. The van der Waals surface area contributed by atoms with Gasteiger partial charge in [0, 0.05) is 18.2 Å². The zero-order valence-electron chi connectivity index (χ0n) is 8.93. The summed E-state index contributed by atoms with van der Waals surface area (Å²) in [4.78, 5) is 22.0. The molecule has 16 heavy (non-hydrogen) atoms. The highest BCUT2D eigenvalue weighted by atomic mass is 16.4. The van der Waals surface area contributed by atoms with Gasteiger partial charge in [0.15, 0.2) is 0 Å². The molecule has 4 unspecified atom stereocenters. The number of rotatable bonds is 3. The van der Waals surface area contributed by atoms with E-state index in [1.54, 1.807) is 0 Å². The molecule has 2 bridgehead atoms. The van der Waals surface area contributed by atoms with E-state index in [0.29, 0.717) is 11.8 Å². The zero-order chi connectivity index (χ0) is 11.3. The van der Waals surface area contributed by atoms with Gasteiger partial charge in [0.1, 0.15) is 0 Å². The molecule has 4 nitrogen and oxygen atoms in total. The van der Waals surface area contributed by atoms with Gasteiger partial charge in [-0.05, 0) is 42.9 Å². The van der Waals surface area contributed by atoms with E-state index in [4.69, 9.17) is 5.11 Å². The van der Waals surface area contributed by atoms with Crippen molar-refractivity contribution in [3.8, 4) is 0 Å². The van der Waals surface area contributed by atoms with E-state index in [0.717, 1.165) is 17.9 Å².